The Morgan fingerprint density at radius 2 is 1.50 bits per heavy atom. The molecule has 3 amide bonds. The highest BCUT2D eigenvalue weighted by molar-refractivity contribution is 7.80. The molecule has 200 valence electrons. The minimum absolute atomic E-state index is 0.000538. The van der Waals surface area contributed by atoms with Gasteiger partial charge in [0.05, 0.1) is 6.04 Å². The summed E-state index contributed by atoms with van der Waals surface area (Å²) in [5, 5.41) is 35.3. The van der Waals surface area contributed by atoms with Gasteiger partial charge in [-0.3, -0.25) is 19.2 Å². The Morgan fingerprint density at radius 1 is 0.944 bits per heavy atom. The van der Waals surface area contributed by atoms with Gasteiger partial charge in [0.2, 0.25) is 17.7 Å². The van der Waals surface area contributed by atoms with Crippen LogP contribution in [0.2, 0.25) is 0 Å². The highest BCUT2D eigenvalue weighted by Gasteiger charge is 2.32. The fraction of sp³-hybridized carbons (Fsp3) is 0.522. The maximum absolute atomic E-state index is 13.2. The number of hydrogen-bond acceptors (Lipinski definition) is 8. The second-order valence-corrected chi connectivity index (χ2v) is 8.79. The number of thiol groups is 1. The fourth-order valence-electron chi connectivity index (χ4n) is 3.18. The van der Waals surface area contributed by atoms with Crippen LogP contribution in [0.15, 0.2) is 24.3 Å². The van der Waals surface area contributed by atoms with Crippen LogP contribution in [0.5, 0.6) is 5.75 Å². The number of phenols is 1. The number of hydrogen-bond donors (Lipinski definition) is 8. The quantitative estimate of drug-likeness (QED) is 0.140. The molecule has 0 saturated carbocycles. The van der Waals surface area contributed by atoms with Gasteiger partial charge in [-0.1, -0.05) is 32.4 Å². The van der Waals surface area contributed by atoms with Gasteiger partial charge in [-0.05, 0) is 30.0 Å². The van der Waals surface area contributed by atoms with Gasteiger partial charge in [0.25, 0.3) is 0 Å². The number of rotatable bonds is 15. The van der Waals surface area contributed by atoms with Crippen molar-refractivity contribution in [2.45, 2.75) is 63.7 Å². The molecule has 1 aromatic rings. The van der Waals surface area contributed by atoms with Crippen LogP contribution in [0, 0.1) is 5.92 Å². The predicted octanol–water partition coefficient (Wildman–Crippen LogP) is -0.358. The lowest BCUT2D eigenvalue weighted by Gasteiger charge is -2.26. The lowest BCUT2D eigenvalue weighted by molar-refractivity contribution is -0.144. The van der Waals surface area contributed by atoms with Gasteiger partial charge in [-0.25, -0.2) is 4.79 Å². The van der Waals surface area contributed by atoms with Crippen LogP contribution in [0.3, 0.4) is 0 Å². The highest BCUT2D eigenvalue weighted by Crippen LogP contribution is 2.13. The molecule has 1 aromatic carbocycles. The van der Waals surface area contributed by atoms with E-state index in [2.05, 4.69) is 28.6 Å². The molecule has 0 saturated heterocycles. The minimum Gasteiger partial charge on any atom is -0.508 e. The first-order valence-electron chi connectivity index (χ1n) is 11.4. The van der Waals surface area contributed by atoms with Crippen LogP contribution >= 0.6 is 12.6 Å². The van der Waals surface area contributed by atoms with Gasteiger partial charge in [-0.15, -0.1) is 0 Å². The summed E-state index contributed by atoms with van der Waals surface area (Å²) < 4.78 is 0. The number of benzene rings is 1. The van der Waals surface area contributed by atoms with E-state index in [9.17, 15) is 34.2 Å². The molecule has 8 N–H and O–H groups in total. The molecule has 36 heavy (non-hydrogen) atoms. The number of carboxylic acid groups (broad SMARTS) is 2. The van der Waals surface area contributed by atoms with Crippen molar-refractivity contribution in [2.75, 3.05) is 5.75 Å². The Balaban J connectivity index is 3.16. The normalized spacial score (nSPS) is 15.0. The van der Waals surface area contributed by atoms with Crippen LogP contribution in [-0.2, 0) is 30.4 Å². The zero-order valence-corrected chi connectivity index (χ0v) is 21.0. The molecule has 0 radical (unpaired) electrons. The zero-order valence-electron chi connectivity index (χ0n) is 20.1. The number of nitrogens with one attached hydrogen (secondary N) is 3. The third kappa shape index (κ3) is 10.1. The number of carbonyl (C=O) groups is 5. The van der Waals surface area contributed by atoms with Crippen LogP contribution in [0.25, 0.3) is 0 Å². The van der Waals surface area contributed by atoms with Gasteiger partial charge in [0.15, 0.2) is 0 Å². The van der Waals surface area contributed by atoms with Crippen molar-refractivity contribution in [3.63, 3.8) is 0 Å². The molecule has 0 aliphatic heterocycles. The van der Waals surface area contributed by atoms with Crippen LogP contribution in [-0.4, -0.2) is 74.9 Å². The molecule has 1 rings (SSSR count). The number of carboxylic acids is 2. The molecule has 0 aliphatic rings. The largest absolute Gasteiger partial charge is 0.508 e. The van der Waals surface area contributed by atoms with Crippen molar-refractivity contribution >= 4 is 42.3 Å². The summed E-state index contributed by atoms with van der Waals surface area (Å²) in [6.45, 7) is 3.39. The van der Waals surface area contributed by atoms with Crippen molar-refractivity contribution < 1.29 is 39.3 Å². The summed E-state index contributed by atoms with van der Waals surface area (Å²) in [6, 6.07) is 1.03. The number of phenolic OH excluding ortho intramolecular Hbond substituents is 1. The van der Waals surface area contributed by atoms with E-state index in [1.165, 1.54) is 12.1 Å². The van der Waals surface area contributed by atoms with E-state index in [0.29, 0.717) is 12.0 Å². The maximum atomic E-state index is 13.2. The van der Waals surface area contributed by atoms with Crippen molar-refractivity contribution in [2.24, 2.45) is 11.7 Å². The van der Waals surface area contributed by atoms with Crippen molar-refractivity contribution in [1.82, 2.24) is 16.0 Å². The van der Waals surface area contributed by atoms with E-state index >= 15 is 0 Å². The van der Waals surface area contributed by atoms with E-state index in [1.807, 2.05) is 0 Å². The lowest BCUT2D eigenvalue weighted by atomic mass is 9.98. The predicted molar refractivity (Wildman–Crippen MR) is 133 cm³/mol. The van der Waals surface area contributed by atoms with Crippen LogP contribution in [0.4, 0.5) is 0 Å². The topological polar surface area (TPSA) is 208 Å². The first-order chi connectivity index (χ1) is 16.9. The molecule has 12 nitrogen and oxygen atoms in total. The number of nitrogens with two attached hydrogens (primary N) is 1. The molecule has 0 aliphatic carbocycles. The van der Waals surface area contributed by atoms with Gasteiger partial charge < -0.3 is 37.0 Å². The van der Waals surface area contributed by atoms with E-state index in [0.717, 1.165) is 0 Å². The number of aromatic hydroxyl groups is 1. The Labute approximate surface area is 214 Å². The zero-order chi connectivity index (χ0) is 27.4. The van der Waals surface area contributed by atoms with Gasteiger partial charge in [-0.2, -0.15) is 12.6 Å². The van der Waals surface area contributed by atoms with E-state index in [-0.39, 0.29) is 24.3 Å². The number of carbonyl (C=O) groups excluding carboxylic acids is 3. The molecular weight excluding hydrogens is 492 g/mol. The van der Waals surface area contributed by atoms with Crippen molar-refractivity contribution in [3.05, 3.63) is 29.8 Å². The number of aliphatic carboxylic acids is 2. The first kappa shape index (κ1) is 30.7. The van der Waals surface area contributed by atoms with E-state index in [1.54, 1.807) is 26.0 Å². The summed E-state index contributed by atoms with van der Waals surface area (Å²) in [4.78, 5) is 61.1. The highest BCUT2D eigenvalue weighted by atomic mass is 32.1. The standard InChI is InChI=1S/C23H34N4O8S/c1-3-12(2)19(23(34)35)27-21(32)16(8-9-18(29)30)25-22(33)17(26-20(31)15(24)11-36)10-13-4-6-14(28)7-5-13/h4-7,12,15-17,19,28,36H,3,8-11,24H2,1-2H3,(H,25,33)(H,26,31)(H,27,32)(H,29,30)(H,34,35). The molecule has 0 spiro atoms. The summed E-state index contributed by atoms with van der Waals surface area (Å²) in [5.74, 6) is -5.23. The molecule has 0 fully saturated rings. The first-order valence-corrected chi connectivity index (χ1v) is 12.0. The average molecular weight is 527 g/mol. The summed E-state index contributed by atoms with van der Waals surface area (Å²) in [6.07, 6.45) is -0.362. The second kappa shape index (κ2) is 14.9. The molecule has 13 heteroatoms. The molecule has 0 heterocycles. The second-order valence-electron chi connectivity index (χ2n) is 8.42. The van der Waals surface area contributed by atoms with Gasteiger partial charge in [0.1, 0.15) is 23.9 Å². The van der Waals surface area contributed by atoms with Crippen LogP contribution in [0.1, 0.15) is 38.7 Å². The third-order valence-electron chi connectivity index (χ3n) is 5.60. The fourth-order valence-corrected chi connectivity index (χ4v) is 3.35. The smallest absolute Gasteiger partial charge is 0.326 e. The van der Waals surface area contributed by atoms with Crippen LogP contribution < -0.4 is 21.7 Å². The summed E-state index contributed by atoms with van der Waals surface area (Å²) >= 11 is 3.97. The molecule has 0 aromatic heterocycles. The Hall–Kier alpha value is -3.32. The summed E-state index contributed by atoms with van der Waals surface area (Å²) in [7, 11) is 0. The molecule has 0 bridgehead atoms. The average Bonchev–Trinajstić information content (AvgIpc) is 2.84. The molecular formula is C23H34N4O8S. The monoisotopic (exact) mass is 526 g/mol. The Kier molecular flexibility index (Phi) is 12.7. The Morgan fingerprint density at radius 3 is 2.00 bits per heavy atom. The lowest BCUT2D eigenvalue weighted by Crippen LogP contribution is -2.58. The molecule has 5 unspecified atom stereocenters. The van der Waals surface area contributed by atoms with Gasteiger partial charge in [0, 0.05) is 18.6 Å². The van der Waals surface area contributed by atoms with E-state index < -0.39 is 66.2 Å². The minimum atomic E-state index is -1.38. The molecule has 5 atom stereocenters. The Bertz CT molecular complexity index is 927. The van der Waals surface area contributed by atoms with Gasteiger partial charge >= 0.3 is 11.9 Å². The summed E-state index contributed by atoms with van der Waals surface area (Å²) in [5.41, 5.74) is 6.27. The van der Waals surface area contributed by atoms with Crippen molar-refractivity contribution in [1.29, 1.82) is 0 Å². The van der Waals surface area contributed by atoms with Crippen molar-refractivity contribution in [3.8, 4) is 5.75 Å². The van der Waals surface area contributed by atoms with E-state index in [4.69, 9.17) is 10.8 Å². The SMILES string of the molecule is CCC(C)C(NC(=O)C(CCC(=O)O)NC(=O)C(Cc1ccc(O)cc1)NC(=O)C(N)CS)C(=O)O. The maximum Gasteiger partial charge on any atom is 0.326 e. The number of amides is 3. The third-order valence-corrected chi connectivity index (χ3v) is 5.99.